The van der Waals surface area contributed by atoms with Crippen molar-refractivity contribution in [1.82, 2.24) is 0 Å². The maximum Gasteiger partial charge on any atom is 0.123 e. The quantitative estimate of drug-likeness (QED) is 0.838. The van der Waals surface area contributed by atoms with Gasteiger partial charge in [-0.2, -0.15) is 0 Å². The van der Waals surface area contributed by atoms with E-state index in [9.17, 15) is 0 Å². The molecule has 3 nitrogen and oxygen atoms in total. The lowest BCUT2D eigenvalue weighted by Gasteiger charge is -2.13. The van der Waals surface area contributed by atoms with Crippen molar-refractivity contribution in [3.05, 3.63) is 52.0 Å². The fraction of sp³-hybridized carbons (Fsp3) is 0.200. The molecule has 0 aliphatic carbocycles. The zero-order chi connectivity index (χ0) is 13.8. The van der Waals surface area contributed by atoms with Crippen LogP contribution in [0.1, 0.15) is 11.1 Å². The highest BCUT2D eigenvalue weighted by Crippen LogP contribution is 2.29. The first-order valence-corrected chi connectivity index (χ1v) is 6.82. The van der Waals surface area contributed by atoms with Crippen LogP contribution < -0.4 is 15.8 Å². The molecule has 3 N–H and O–H groups in total. The Morgan fingerprint density at radius 3 is 2.74 bits per heavy atom. The van der Waals surface area contributed by atoms with E-state index >= 15 is 0 Å². The summed E-state index contributed by atoms with van der Waals surface area (Å²) in [5.41, 5.74) is 9.85. The third-order valence-corrected chi connectivity index (χ3v) is 3.67. The summed E-state index contributed by atoms with van der Waals surface area (Å²) in [6.45, 7) is 2.70. The molecule has 0 unspecified atom stereocenters. The summed E-state index contributed by atoms with van der Waals surface area (Å²) in [6, 6.07) is 11.9. The second-order valence-corrected chi connectivity index (χ2v) is 5.21. The molecule has 2 aromatic rings. The summed E-state index contributed by atoms with van der Waals surface area (Å²) < 4.78 is 6.30. The van der Waals surface area contributed by atoms with Crippen molar-refractivity contribution in [2.45, 2.75) is 13.5 Å². The molecule has 0 bridgehead atoms. The van der Waals surface area contributed by atoms with Gasteiger partial charge in [-0.3, -0.25) is 0 Å². The SMILES string of the molecule is COc1ccccc1CNc1cc(C)c(N)cc1Br. The highest BCUT2D eigenvalue weighted by Gasteiger charge is 2.05. The van der Waals surface area contributed by atoms with Crippen molar-refractivity contribution in [3.63, 3.8) is 0 Å². The van der Waals surface area contributed by atoms with Crippen LogP contribution in [0.25, 0.3) is 0 Å². The molecule has 2 rings (SSSR count). The van der Waals surface area contributed by atoms with Gasteiger partial charge in [-0.1, -0.05) is 18.2 Å². The Kier molecular flexibility index (Phi) is 4.32. The second kappa shape index (κ2) is 5.97. The van der Waals surface area contributed by atoms with E-state index in [4.69, 9.17) is 10.5 Å². The zero-order valence-corrected chi connectivity index (χ0v) is 12.6. The van der Waals surface area contributed by atoms with E-state index in [1.54, 1.807) is 7.11 Å². The van der Waals surface area contributed by atoms with E-state index in [0.29, 0.717) is 6.54 Å². The minimum Gasteiger partial charge on any atom is -0.496 e. The number of methoxy groups -OCH3 is 1. The monoisotopic (exact) mass is 320 g/mol. The van der Waals surface area contributed by atoms with Gasteiger partial charge in [0.25, 0.3) is 0 Å². The molecule has 0 aliphatic heterocycles. The number of halogens is 1. The van der Waals surface area contributed by atoms with Gasteiger partial charge in [-0.25, -0.2) is 0 Å². The maximum atomic E-state index is 5.86. The standard InChI is InChI=1S/C15H17BrN2O/c1-10-7-14(12(16)8-13(10)17)18-9-11-5-3-4-6-15(11)19-2/h3-8,18H,9,17H2,1-2H3. The number of nitrogens with two attached hydrogens (primary N) is 1. The number of nitrogens with one attached hydrogen (secondary N) is 1. The molecule has 0 atom stereocenters. The van der Waals surface area contributed by atoms with Crippen molar-refractivity contribution in [3.8, 4) is 5.75 Å². The molecule has 2 aromatic carbocycles. The molecule has 0 saturated carbocycles. The number of hydrogen-bond acceptors (Lipinski definition) is 3. The van der Waals surface area contributed by atoms with E-state index in [-0.39, 0.29) is 0 Å². The Labute approximate surface area is 121 Å². The highest BCUT2D eigenvalue weighted by molar-refractivity contribution is 9.10. The molecule has 0 radical (unpaired) electrons. The fourth-order valence-electron chi connectivity index (χ4n) is 1.87. The lowest BCUT2D eigenvalue weighted by atomic mass is 10.1. The Balaban J connectivity index is 2.17. The van der Waals surface area contributed by atoms with Gasteiger partial charge in [0.15, 0.2) is 0 Å². The smallest absolute Gasteiger partial charge is 0.123 e. The van der Waals surface area contributed by atoms with Crippen LogP contribution >= 0.6 is 15.9 Å². The Bertz CT molecular complexity index is 584. The molecule has 0 spiro atoms. The van der Waals surface area contributed by atoms with Crippen LogP contribution in [0.15, 0.2) is 40.9 Å². The topological polar surface area (TPSA) is 47.3 Å². The van der Waals surface area contributed by atoms with Crippen molar-refractivity contribution in [2.24, 2.45) is 0 Å². The lowest BCUT2D eigenvalue weighted by molar-refractivity contribution is 0.410. The number of para-hydroxylation sites is 1. The van der Waals surface area contributed by atoms with E-state index in [2.05, 4.69) is 21.2 Å². The Morgan fingerprint density at radius 1 is 1.26 bits per heavy atom. The minimum atomic E-state index is 0.700. The Morgan fingerprint density at radius 2 is 2.00 bits per heavy atom. The summed E-state index contributed by atoms with van der Waals surface area (Å²) >= 11 is 3.52. The van der Waals surface area contributed by atoms with Crippen molar-refractivity contribution in [1.29, 1.82) is 0 Å². The first kappa shape index (κ1) is 13.7. The fourth-order valence-corrected chi connectivity index (χ4v) is 2.37. The predicted molar refractivity (Wildman–Crippen MR) is 83.6 cm³/mol. The van der Waals surface area contributed by atoms with E-state index in [0.717, 1.165) is 32.7 Å². The predicted octanol–water partition coefficient (Wildman–Crippen LogP) is 3.96. The van der Waals surface area contributed by atoms with E-state index < -0.39 is 0 Å². The molecule has 100 valence electrons. The van der Waals surface area contributed by atoms with Gasteiger partial charge in [0.1, 0.15) is 5.75 Å². The summed E-state index contributed by atoms with van der Waals surface area (Å²) in [4.78, 5) is 0. The number of hydrogen-bond donors (Lipinski definition) is 2. The molecule has 19 heavy (non-hydrogen) atoms. The average molecular weight is 321 g/mol. The number of nitrogen functional groups attached to an aromatic ring is 1. The first-order valence-electron chi connectivity index (χ1n) is 6.03. The zero-order valence-electron chi connectivity index (χ0n) is 11.0. The van der Waals surface area contributed by atoms with Crippen LogP contribution in [0.4, 0.5) is 11.4 Å². The van der Waals surface area contributed by atoms with E-state index in [1.165, 1.54) is 0 Å². The van der Waals surface area contributed by atoms with Crippen LogP contribution in [0.5, 0.6) is 5.75 Å². The number of anilines is 2. The van der Waals surface area contributed by atoms with Crippen LogP contribution in [-0.4, -0.2) is 7.11 Å². The van der Waals surface area contributed by atoms with Crippen LogP contribution in [0.2, 0.25) is 0 Å². The molecule has 0 amide bonds. The molecular formula is C15H17BrN2O. The van der Waals surface area contributed by atoms with Crippen LogP contribution in [-0.2, 0) is 6.54 Å². The Hall–Kier alpha value is -1.68. The molecular weight excluding hydrogens is 304 g/mol. The molecule has 0 aromatic heterocycles. The molecule has 0 saturated heterocycles. The van der Waals surface area contributed by atoms with Gasteiger partial charge in [0, 0.05) is 28.0 Å². The van der Waals surface area contributed by atoms with Gasteiger partial charge in [-0.05, 0) is 46.6 Å². The highest BCUT2D eigenvalue weighted by atomic mass is 79.9. The van der Waals surface area contributed by atoms with Gasteiger partial charge in [0.2, 0.25) is 0 Å². The largest absolute Gasteiger partial charge is 0.496 e. The third-order valence-electron chi connectivity index (χ3n) is 3.02. The van der Waals surface area contributed by atoms with Crippen molar-refractivity contribution in [2.75, 3.05) is 18.2 Å². The van der Waals surface area contributed by atoms with Gasteiger partial charge >= 0.3 is 0 Å². The number of rotatable bonds is 4. The molecule has 0 aliphatic rings. The van der Waals surface area contributed by atoms with Crippen LogP contribution in [0.3, 0.4) is 0 Å². The lowest BCUT2D eigenvalue weighted by Crippen LogP contribution is -2.03. The minimum absolute atomic E-state index is 0.700. The van der Waals surface area contributed by atoms with Gasteiger partial charge in [0.05, 0.1) is 7.11 Å². The maximum absolute atomic E-state index is 5.86. The number of aryl methyl sites for hydroxylation is 1. The van der Waals surface area contributed by atoms with Gasteiger partial charge < -0.3 is 15.8 Å². The average Bonchev–Trinajstić information content (AvgIpc) is 2.41. The van der Waals surface area contributed by atoms with Crippen molar-refractivity contribution < 1.29 is 4.74 Å². The summed E-state index contributed by atoms with van der Waals surface area (Å²) in [5, 5.41) is 3.39. The molecule has 4 heteroatoms. The normalized spacial score (nSPS) is 10.3. The summed E-state index contributed by atoms with van der Waals surface area (Å²) in [5.74, 6) is 0.887. The van der Waals surface area contributed by atoms with Crippen LogP contribution in [0, 0.1) is 6.92 Å². The van der Waals surface area contributed by atoms with Gasteiger partial charge in [-0.15, -0.1) is 0 Å². The number of benzene rings is 2. The summed E-state index contributed by atoms with van der Waals surface area (Å²) in [7, 11) is 1.68. The third kappa shape index (κ3) is 3.20. The molecule has 0 heterocycles. The first-order chi connectivity index (χ1) is 9.11. The van der Waals surface area contributed by atoms with E-state index in [1.807, 2.05) is 43.3 Å². The summed E-state index contributed by atoms with van der Waals surface area (Å²) in [6.07, 6.45) is 0. The second-order valence-electron chi connectivity index (χ2n) is 4.35. The molecule has 0 fully saturated rings. The number of ether oxygens (including phenoxy) is 1. The van der Waals surface area contributed by atoms with Crippen molar-refractivity contribution >= 4 is 27.3 Å².